The van der Waals surface area contributed by atoms with Gasteiger partial charge in [-0.2, -0.15) is 0 Å². The summed E-state index contributed by atoms with van der Waals surface area (Å²) in [4.78, 5) is 11.0. The number of nitrogen functional groups attached to an aromatic ring is 1. The standard InChI is InChI=1S/C14H14N2O/c15-13-8-4-3-7-12(13)11-6-2-1-5-10(11)9-14(16)17/h1-8H,9,15H2,(H2,16,17). The van der Waals surface area contributed by atoms with Crippen molar-refractivity contribution in [3.8, 4) is 11.1 Å². The summed E-state index contributed by atoms with van der Waals surface area (Å²) in [6.45, 7) is 0. The van der Waals surface area contributed by atoms with Crippen LogP contribution in [-0.2, 0) is 11.2 Å². The van der Waals surface area contributed by atoms with Gasteiger partial charge in [-0.3, -0.25) is 4.79 Å². The SMILES string of the molecule is NC(=O)Cc1ccccc1-c1ccccc1N. The molecule has 2 aromatic carbocycles. The van der Waals surface area contributed by atoms with Crippen LogP contribution in [0.2, 0.25) is 0 Å². The van der Waals surface area contributed by atoms with E-state index in [0.717, 1.165) is 16.7 Å². The van der Waals surface area contributed by atoms with Gasteiger partial charge >= 0.3 is 0 Å². The summed E-state index contributed by atoms with van der Waals surface area (Å²) in [6.07, 6.45) is 0.227. The molecule has 0 saturated carbocycles. The van der Waals surface area contributed by atoms with Gasteiger partial charge in [-0.25, -0.2) is 0 Å². The van der Waals surface area contributed by atoms with E-state index in [2.05, 4.69) is 0 Å². The Kier molecular flexibility index (Phi) is 3.10. The molecule has 0 aliphatic heterocycles. The molecule has 0 radical (unpaired) electrons. The van der Waals surface area contributed by atoms with Gasteiger partial charge in [0.1, 0.15) is 0 Å². The Morgan fingerprint density at radius 1 is 0.941 bits per heavy atom. The topological polar surface area (TPSA) is 69.1 Å². The highest BCUT2D eigenvalue weighted by Gasteiger charge is 2.08. The number of carbonyl (C=O) groups excluding carboxylic acids is 1. The molecule has 3 heteroatoms. The molecule has 0 aliphatic carbocycles. The van der Waals surface area contributed by atoms with E-state index in [1.807, 2.05) is 48.5 Å². The molecule has 86 valence electrons. The van der Waals surface area contributed by atoms with Gasteiger partial charge in [0.15, 0.2) is 0 Å². The van der Waals surface area contributed by atoms with Crippen LogP contribution in [0.15, 0.2) is 48.5 Å². The summed E-state index contributed by atoms with van der Waals surface area (Å²) in [5, 5.41) is 0. The van der Waals surface area contributed by atoms with Crippen molar-refractivity contribution >= 4 is 11.6 Å². The predicted molar refractivity (Wildman–Crippen MR) is 69.2 cm³/mol. The summed E-state index contributed by atoms with van der Waals surface area (Å²) >= 11 is 0. The van der Waals surface area contributed by atoms with Crippen LogP contribution in [0.25, 0.3) is 11.1 Å². The molecule has 1 amide bonds. The molecule has 0 saturated heterocycles. The first kappa shape index (κ1) is 11.2. The van der Waals surface area contributed by atoms with Gasteiger partial charge in [0.2, 0.25) is 5.91 Å². The van der Waals surface area contributed by atoms with E-state index in [9.17, 15) is 4.79 Å². The fraction of sp³-hybridized carbons (Fsp3) is 0.0714. The molecule has 0 heterocycles. The first-order chi connectivity index (χ1) is 8.18. The molecular weight excluding hydrogens is 212 g/mol. The molecule has 4 N–H and O–H groups in total. The van der Waals surface area contributed by atoms with E-state index in [-0.39, 0.29) is 12.3 Å². The van der Waals surface area contributed by atoms with Gasteiger partial charge in [0.05, 0.1) is 6.42 Å². The molecule has 0 bridgehead atoms. The minimum Gasteiger partial charge on any atom is -0.398 e. The Balaban J connectivity index is 2.52. The van der Waals surface area contributed by atoms with E-state index < -0.39 is 0 Å². The van der Waals surface area contributed by atoms with Crippen LogP contribution in [0.5, 0.6) is 0 Å². The number of amides is 1. The zero-order valence-corrected chi connectivity index (χ0v) is 9.39. The van der Waals surface area contributed by atoms with Crippen molar-refractivity contribution in [3.63, 3.8) is 0 Å². The van der Waals surface area contributed by atoms with Crippen molar-refractivity contribution in [1.29, 1.82) is 0 Å². The second-order valence-corrected chi connectivity index (χ2v) is 3.89. The minimum atomic E-state index is -0.341. The lowest BCUT2D eigenvalue weighted by Gasteiger charge is -2.10. The highest BCUT2D eigenvalue weighted by Crippen LogP contribution is 2.28. The third-order valence-electron chi connectivity index (χ3n) is 2.63. The maximum atomic E-state index is 11.0. The first-order valence-corrected chi connectivity index (χ1v) is 5.39. The van der Waals surface area contributed by atoms with Crippen molar-refractivity contribution in [2.45, 2.75) is 6.42 Å². The number of rotatable bonds is 3. The number of benzene rings is 2. The van der Waals surface area contributed by atoms with Crippen molar-refractivity contribution < 1.29 is 4.79 Å². The molecule has 17 heavy (non-hydrogen) atoms. The van der Waals surface area contributed by atoms with E-state index in [1.54, 1.807) is 0 Å². The maximum absolute atomic E-state index is 11.0. The number of hydrogen-bond donors (Lipinski definition) is 2. The van der Waals surface area contributed by atoms with Crippen LogP contribution in [-0.4, -0.2) is 5.91 Å². The minimum absolute atomic E-state index is 0.227. The van der Waals surface area contributed by atoms with Crippen LogP contribution >= 0.6 is 0 Å². The van der Waals surface area contributed by atoms with E-state index in [4.69, 9.17) is 11.5 Å². The van der Waals surface area contributed by atoms with Gasteiger partial charge in [-0.15, -0.1) is 0 Å². The Bertz CT molecular complexity index is 549. The normalized spacial score (nSPS) is 10.1. The lowest BCUT2D eigenvalue weighted by atomic mass is 9.96. The predicted octanol–water partition coefficient (Wildman–Crippen LogP) is 1.96. The molecule has 2 aromatic rings. The molecule has 0 aromatic heterocycles. The van der Waals surface area contributed by atoms with Crippen LogP contribution < -0.4 is 11.5 Å². The van der Waals surface area contributed by atoms with Gasteiger partial charge in [-0.1, -0.05) is 42.5 Å². The summed E-state index contributed by atoms with van der Waals surface area (Å²) in [6, 6.07) is 15.2. The number of carbonyl (C=O) groups is 1. The maximum Gasteiger partial charge on any atom is 0.221 e. The highest BCUT2D eigenvalue weighted by molar-refractivity contribution is 5.83. The Morgan fingerprint density at radius 2 is 1.53 bits per heavy atom. The second kappa shape index (κ2) is 4.70. The Labute approximate surface area is 100 Å². The number of anilines is 1. The lowest BCUT2D eigenvalue weighted by molar-refractivity contribution is -0.117. The summed E-state index contributed by atoms with van der Waals surface area (Å²) < 4.78 is 0. The third-order valence-corrected chi connectivity index (χ3v) is 2.63. The van der Waals surface area contributed by atoms with Gasteiger partial charge in [0, 0.05) is 11.3 Å². The first-order valence-electron chi connectivity index (χ1n) is 5.39. The highest BCUT2D eigenvalue weighted by atomic mass is 16.1. The smallest absolute Gasteiger partial charge is 0.221 e. The fourth-order valence-corrected chi connectivity index (χ4v) is 1.87. The quantitative estimate of drug-likeness (QED) is 0.785. The molecule has 0 atom stereocenters. The van der Waals surface area contributed by atoms with Gasteiger partial charge in [0.25, 0.3) is 0 Å². The second-order valence-electron chi connectivity index (χ2n) is 3.89. The molecule has 2 rings (SSSR count). The summed E-state index contributed by atoms with van der Waals surface area (Å²) in [5.74, 6) is -0.341. The number of hydrogen-bond acceptors (Lipinski definition) is 2. The monoisotopic (exact) mass is 226 g/mol. The van der Waals surface area contributed by atoms with Crippen LogP contribution in [0, 0.1) is 0 Å². The lowest BCUT2D eigenvalue weighted by Crippen LogP contribution is -2.14. The van der Waals surface area contributed by atoms with E-state index >= 15 is 0 Å². The van der Waals surface area contributed by atoms with Gasteiger partial charge in [-0.05, 0) is 17.2 Å². The third kappa shape index (κ3) is 2.45. The Hall–Kier alpha value is -2.29. The molecule has 0 unspecified atom stereocenters. The molecule has 0 aliphatic rings. The van der Waals surface area contributed by atoms with Crippen molar-refractivity contribution in [1.82, 2.24) is 0 Å². The van der Waals surface area contributed by atoms with Crippen LogP contribution in [0.3, 0.4) is 0 Å². The molecule has 3 nitrogen and oxygen atoms in total. The summed E-state index contributed by atoms with van der Waals surface area (Å²) in [7, 11) is 0. The summed E-state index contributed by atoms with van der Waals surface area (Å²) in [5.41, 5.74) is 14.7. The van der Waals surface area contributed by atoms with E-state index in [1.165, 1.54) is 0 Å². The van der Waals surface area contributed by atoms with Crippen molar-refractivity contribution in [2.24, 2.45) is 5.73 Å². The zero-order valence-electron chi connectivity index (χ0n) is 9.39. The van der Waals surface area contributed by atoms with Crippen LogP contribution in [0.4, 0.5) is 5.69 Å². The van der Waals surface area contributed by atoms with Crippen molar-refractivity contribution in [2.75, 3.05) is 5.73 Å². The average Bonchev–Trinajstić information content (AvgIpc) is 2.30. The van der Waals surface area contributed by atoms with Crippen molar-refractivity contribution in [3.05, 3.63) is 54.1 Å². The average molecular weight is 226 g/mol. The zero-order chi connectivity index (χ0) is 12.3. The molecular formula is C14H14N2O. The number of primary amides is 1. The molecule has 0 fully saturated rings. The number of para-hydroxylation sites is 1. The van der Waals surface area contributed by atoms with E-state index in [0.29, 0.717) is 5.69 Å². The largest absolute Gasteiger partial charge is 0.398 e. The van der Waals surface area contributed by atoms with Crippen LogP contribution in [0.1, 0.15) is 5.56 Å². The number of nitrogens with two attached hydrogens (primary N) is 2. The fourth-order valence-electron chi connectivity index (χ4n) is 1.87. The van der Waals surface area contributed by atoms with Gasteiger partial charge < -0.3 is 11.5 Å². The Morgan fingerprint density at radius 3 is 2.18 bits per heavy atom. The molecule has 0 spiro atoms.